The standard InChI is InChI=1S/C9H7BrN2O/c1-6(13)8-4-11-9-3-2-7(10)5-12(8)9/h2-5H,1H3. The molecule has 0 fully saturated rings. The van der Waals surface area contributed by atoms with E-state index in [1.54, 1.807) is 10.6 Å². The minimum absolute atomic E-state index is 0.0191. The van der Waals surface area contributed by atoms with E-state index in [1.807, 2.05) is 18.3 Å². The zero-order valence-corrected chi connectivity index (χ0v) is 8.58. The second-order valence-electron chi connectivity index (χ2n) is 2.78. The van der Waals surface area contributed by atoms with E-state index in [1.165, 1.54) is 6.92 Å². The minimum atomic E-state index is 0.0191. The first-order chi connectivity index (χ1) is 6.18. The van der Waals surface area contributed by atoms with Crippen LogP contribution in [0.1, 0.15) is 17.4 Å². The molecule has 0 N–H and O–H groups in total. The molecule has 3 nitrogen and oxygen atoms in total. The van der Waals surface area contributed by atoms with Gasteiger partial charge in [-0.2, -0.15) is 0 Å². The van der Waals surface area contributed by atoms with Crippen LogP contribution in [0.25, 0.3) is 5.65 Å². The van der Waals surface area contributed by atoms with Gasteiger partial charge in [0.05, 0.1) is 6.20 Å². The number of hydrogen-bond acceptors (Lipinski definition) is 2. The summed E-state index contributed by atoms with van der Waals surface area (Å²) in [7, 11) is 0. The summed E-state index contributed by atoms with van der Waals surface area (Å²) >= 11 is 3.34. The second-order valence-corrected chi connectivity index (χ2v) is 3.69. The fraction of sp³-hybridized carbons (Fsp3) is 0.111. The van der Waals surface area contributed by atoms with Crippen LogP contribution in [0.5, 0.6) is 0 Å². The fourth-order valence-corrected chi connectivity index (χ4v) is 1.55. The highest BCUT2D eigenvalue weighted by molar-refractivity contribution is 9.10. The summed E-state index contributed by atoms with van der Waals surface area (Å²) in [6, 6.07) is 3.75. The number of fused-ring (bicyclic) bond motifs is 1. The third-order valence-corrected chi connectivity index (χ3v) is 2.30. The molecule has 0 unspecified atom stereocenters. The molecule has 0 saturated carbocycles. The van der Waals surface area contributed by atoms with Crippen LogP contribution in [-0.4, -0.2) is 15.2 Å². The second kappa shape index (κ2) is 2.96. The zero-order valence-electron chi connectivity index (χ0n) is 6.99. The van der Waals surface area contributed by atoms with Gasteiger partial charge in [-0.25, -0.2) is 4.98 Å². The summed E-state index contributed by atoms with van der Waals surface area (Å²) in [6.45, 7) is 1.53. The highest BCUT2D eigenvalue weighted by Gasteiger charge is 2.06. The largest absolute Gasteiger partial charge is 0.296 e. The summed E-state index contributed by atoms with van der Waals surface area (Å²) in [5, 5.41) is 0. The first-order valence-corrected chi connectivity index (χ1v) is 4.61. The lowest BCUT2D eigenvalue weighted by molar-refractivity contribution is 0.101. The number of ketones is 1. The van der Waals surface area contributed by atoms with Gasteiger partial charge in [-0.1, -0.05) is 0 Å². The van der Waals surface area contributed by atoms with E-state index in [9.17, 15) is 4.79 Å². The molecule has 4 heteroatoms. The van der Waals surface area contributed by atoms with Crippen LogP contribution in [0, 0.1) is 0 Å². The van der Waals surface area contributed by atoms with Crippen LogP contribution in [0.4, 0.5) is 0 Å². The van der Waals surface area contributed by atoms with Gasteiger partial charge in [-0.3, -0.25) is 9.20 Å². The molecule has 0 amide bonds. The Morgan fingerprint density at radius 1 is 1.54 bits per heavy atom. The summed E-state index contributed by atoms with van der Waals surface area (Å²) in [5.41, 5.74) is 1.39. The van der Waals surface area contributed by atoms with Crippen molar-refractivity contribution >= 4 is 27.4 Å². The maximum Gasteiger partial charge on any atom is 0.178 e. The number of hydrogen-bond donors (Lipinski definition) is 0. The molecular formula is C9H7BrN2O. The maximum atomic E-state index is 11.2. The topological polar surface area (TPSA) is 34.4 Å². The molecule has 2 aromatic heterocycles. The highest BCUT2D eigenvalue weighted by atomic mass is 79.9. The number of nitrogens with zero attached hydrogens (tertiary/aromatic N) is 2. The van der Waals surface area contributed by atoms with E-state index in [2.05, 4.69) is 20.9 Å². The average Bonchev–Trinajstić information content (AvgIpc) is 2.46. The van der Waals surface area contributed by atoms with Crippen molar-refractivity contribution in [2.24, 2.45) is 0 Å². The summed E-state index contributed by atoms with van der Waals surface area (Å²) < 4.78 is 2.70. The number of Topliss-reactive ketones (excluding diaryl/α,β-unsaturated/α-hetero) is 1. The van der Waals surface area contributed by atoms with Crippen molar-refractivity contribution in [1.82, 2.24) is 9.38 Å². The molecule has 2 rings (SSSR count). The van der Waals surface area contributed by atoms with Crippen LogP contribution < -0.4 is 0 Å². The normalized spacial score (nSPS) is 10.6. The number of rotatable bonds is 1. The minimum Gasteiger partial charge on any atom is -0.296 e. The Balaban J connectivity index is 2.79. The van der Waals surface area contributed by atoms with Crippen LogP contribution in [0.3, 0.4) is 0 Å². The average molecular weight is 239 g/mol. The summed E-state index contributed by atoms with van der Waals surface area (Å²) in [4.78, 5) is 15.3. The van der Waals surface area contributed by atoms with Crippen molar-refractivity contribution in [3.05, 3.63) is 34.7 Å². The van der Waals surface area contributed by atoms with E-state index < -0.39 is 0 Å². The van der Waals surface area contributed by atoms with Gasteiger partial charge in [-0.05, 0) is 28.1 Å². The summed E-state index contributed by atoms with van der Waals surface area (Å²) in [6.07, 6.45) is 3.42. The Bertz CT molecular complexity index is 475. The van der Waals surface area contributed by atoms with Gasteiger partial charge in [0.1, 0.15) is 11.3 Å². The number of imidazole rings is 1. The van der Waals surface area contributed by atoms with Gasteiger partial charge >= 0.3 is 0 Å². The Kier molecular flexibility index (Phi) is 1.92. The van der Waals surface area contributed by atoms with Gasteiger partial charge in [0, 0.05) is 17.6 Å². The number of halogens is 1. The smallest absolute Gasteiger partial charge is 0.178 e. The first-order valence-electron chi connectivity index (χ1n) is 3.82. The molecule has 0 saturated heterocycles. The van der Waals surface area contributed by atoms with Crippen molar-refractivity contribution in [2.75, 3.05) is 0 Å². The molecule has 0 atom stereocenters. The number of aromatic nitrogens is 2. The van der Waals surface area contributed by atoms with Crippen LogP contribution in [-0.2, 0) is 0 Å². The molecule has 0 radical (unpaired) electrons. The van der Waals surface area contributed by atoms with Crippen LogP contribution in [0.2, 0.25) is 0 Å². The van der Waals surface area contributed by atoms with Gasteiger partial charge in [0.2, 0.25) is 0 Å². The molecule has 0 spiro atoms. The van der Waals surface area contributed by atoms with Gasteiger partial charge < -0.3 is 0 Å². The van der Waals surface area contributed by atoms with Crippen LogP contribution >= 0.6 is 15.9 Å². The molecule has 13 heavy (non-hydrogen) atoms. The van der Waals surface area contributed by atoms with Gasteiger partial charge in [0.25, 0.3) is 0 Å². The maximum absolute atomic E-state index is 11.2. The van der Waals surface area contributed by atoms with E-state index in [0.29, 0.717) is 5.69 Å². The molecule has 66 valence electrons. The molecule has 0 aromatic carbocycles. The van der Waals surface area contributed by atoms with Gasteiger partial charge in [0.15, 0.2) is 5.78 Å². The van der Waals surface area contributed by atoms with Crippen molar-refractivity contribution in [1.29, 1.82) is 0 Å². The Hall–Kier alpha value is -1.16. The first kappa shape index (κ1) is 8.44. The Morgan fingerprint density at radius 2 is 2.31 bits per heavy atom. The number of pyridine rings is 1. The third kappa shape index (κ3) is 1.37. The van der Waals surface area contributed by atoms with E-state index in [0.717, 1.165) is 10.1 Å². The third-order valence-electron chi connectivity index (χ3n) is 1.83. The van der Waals surface area contributed by atoms with E-state index in [-0.39, 0.29) is 5.78 Å². The monoisotopic (exact) mass is 238 g/mol. The lowest BCUT2D eigenvalue weighted by Crippen LogP contribution is -1.97. The Morgan fingerprint density at radius 3 is 3.00 bits per heavy atom. The number of carbonyl (C=O) groups is 1. The van der Waals surface area contributed by atoms with Crippen molar-refractivity contribution in [2.45, 2.75) is 6.92 Å². The lowest BCUT2D eigenvalue weighted by Gasteiger charge is -1.97. The lowest BCUT2D eigenvalue weighted by atomic mass is 10.3. The van der Waals surface area contributed by atoms with Crippen molar-refractivity contribution in [3.8, 4) is 0 Å². The van der Waals surface area contributed by atoms with Crippen LogP contribution in [0.15, 0.2) is 29.0 Å². The molecule has 0 aliphatic carbocycles. The molecule has 0 bridgehead atoms. The zero-order chi connectivity index (χ0) is 9.42. The van der Waals surface area contributed by atoms with E-state index >= 15 is 0 Å². The number of carbonyl (C=O) groups excluding carboxylic acids is 1. The highest BCUT2D eigenvalue weighted by Crippen LogP contribution is 2.13. The van der Waals surface area contributed by atoms with Crippen molar-refractivity contribution in [3.63, 3.8) is 0 Å². The molecule has 0 aliphatic heterocycles. The predicted octanol–water partition coefficient (Wildman–Crippen LogP) is 2.30. The fourth-order valence-electron chi connectivity index (χ4n) is 1.22. The quantitative estimate of drug-likeness (QED) is 0.715. The molecule has 2 aromatic rings. The predicted molar refractivity (Wildman–Crippen MR) is 52.9 cm³/mol. The SMILES string of the molecule is CC(=O)c1cnc2ccc(Br)cn12. The molecule has 2 heterocycles. The Labute approximate surface area is 83.5 Å². The van der Waals surface area contributed by atoms with E-state index in [4.69, 9.17) is 0 Å². The summed E-state index contributed by atoms with van der Waals surface area (Å²) in [5.74, 6) is 0.0191. The van der Waals surface area contributed by atoms with Gasteiger partial charge in [-0.15, -0.1) is 0 Å². The molecule has 0 aliphatic rings. The molecular weight excluding hydrogens is 232 g/mol. The van der Waals surface area contributed by atoms with Crippen molar-refractivity contribution < 1.29 is 4.79 Å².